The molecule has 1 aliphatic heterocycles. The highest BCUT2D eigenvalue weighted by molar-refractivity contribution is 7.21. The molecule has 0 saturated carbocycles. The van der Waals surface area contributed by atoms with Crippen LogP contribution in [0, 0.1) is 11.3 Å². The fraction of sp³-hybridized carbons (Fsp3) is 0.250. The summed E-state index contributed by atoms with van der Waals surface area (Å²) in [5, 5.41) is 18.8. The molecular formula is C20H19N8O3S+. The van der Waals surface area contributed by atoms with E-state index in [1.165, 1.54) is 12.7 Å². The van der Waals surface area contributed by atoms with Gasteiger partial charge in [0.25, 0.3) is 12.1 Å². The van der Waals surface area contributed by atoms with Crippen molar-refractivity contribution in [3.8, 4) is 17.4 Å². The summed E-state index contributed by atoms with van der Waals surface area (Å²) in [6, 6.07) is 5.44. The van der Waals surface area contributed by atoms with Gasteiger partial charge in [0.1, 0.15) is 32.9 Å². The number of rotatable bonds is 4. The lowest BCUT2D eigenvalue weighted by Gasteiger charge is -2.17. The van der Waals surface area contributed by atoms with Gasteiger partial charge in [0.05, 0.1) is 35.4 Å². The Morgan fingerprint density at radius 1 is 1.31 bits per heavy atom. The fourth-order valence-electron chi connectivity index (χ4n) is 3.80. The fourth-order valence-corrected chi connectivity index (χ4v) is 4.80. The van der Waals surface area contributed by atoms with Crippen LogP contribution in [0.5, 0.6) is 0 Å². The summed E-state index contributed by atoms with van der Waals surface area (Å²) in [7, 11) is 0. The molecule has 0 aromatic carbocycles. The van der Waals surface area contributed by atoms with E-state index in [2.05, 4.69) is 21.6 Å². The van der Waals surface area contributed by atoms with Gasteiger partial charge in [-0.2, -0.15) is 10.3 Å². The predicted molar refractivity (Wildman–Crippen MR) is 117 cm³/mol. The zero-order valence-corrected chi connectivity index (χ0v) is 17.7. The number of nitrogens with two attached hydrogens (primary N) is 2. The van der Waals surface area contributed by atoms with Crippen LogP contribution in [0.15, 0.2) is 33.5 Å². The Balaban J connectivity index is 1.51. The van der Waals surface area contributed by atoms with Crippen molar-refractivity contribution in [2.75, 3.05) is 34.9 Å². The van der Waals surface area contributed by atoms with Gasteiger partial charge in [-0.1, -0.05) is 0 Å². The number of piperidine rings is 1. The Hall–Kier alpha value is -4.11. The van der Waals surface area contributed by atoms with Crippen molar-refractivity contribution in [1.29, 1.82) is 5.26 Å². The summed E-state index contributed by atoms with van der Waals surface area (Å²) in [5.41, 5.74) is 13.1. The highest BCUT2D eigenvalue weighted by Crippen LogP contribution is 2.42. The zero-order chi connectivity index (χ0) is 22.2. The molecule has 5 rings (SSSR count). The van der Waals surface area contributed by atoms with Crippen molar-refractivity contribution in [1.82, 2.24) is 10.3 Å². The first-order chi connectivity index (χ1) is 15.6. The second-order valence-corrected chi connectivity index (χ2v) is 8.32. The van der Waals surface area contributed by atoms with Gasteiger partial charge in [-0.25, -0.2) is 4.98 Å². The maximum atomic E-state index is 13.0. The molecule has 0 bridgehead atoms. The highest BCUT2D eigenvalue weighted by atomic mass is 32.1. The number of furan rings is 1. The van der Waals surface area contributed by atoms with Gasteiger partial charge in [-0.15, -0.1) is 11.3 Å². The largest absolute Gasteiger partial charge is 0.464 e. The summed E-state index contributed by atoms with van der Waals surface area (Å²) in [6.45, 7) is 1.75. The van der Waals surface area contributed by atoms with E-state index in [0.29, 0.717) is 21.5 Å². The molecule has 0 unspecified atom stereocenters. The maximum absolute atomic E-state index is 13.0. The molecule has 12 heteroatoms. The standard InChI is InChI=1S/C20H18N8O3S/c21-9-11-14(12-5-4-8-30-12)15-16(22)17(32-20(15)25-18(11)23)19(29)24-13-10-28(26-31-13)27-6-2-1-3-7-27/h4-5,8,10H,1-3,6-7H2,(H4-,22,23,24,25,26,29)/p+1. The molecule has 4 aromatic heterocycles. The molecule has 5 heterocycles. The van der Waals surface area contributed by atoms with Gasteiger partial charge < -0.3 is 15.9 Å². The third kappa shape index (κ3) is 3.28. The number of anilines is 3. The first-order valence-electron chi connectivity index (χ1n) is 9.97. The minimum Gasteiger partial charge on any atom is -0.464 e. The number of nitrogen functional groups attached to an aromatic ring is 2. The van der Waals surface area contributed by atoms with Crippen LogP contribution in [0.25, 0.3) is 21.5 Å². The number of aromatic nitrogens is 3. The number of fused-ring (bicyclic) bond motifs is 1. The average Bonchev–Trinajstić information content (AvgIpc) is 3.54. The molecule has 1 aliphatic rings. The van der Waals surface area contributed by atoms with Crippen LogP contribution in [0.4, 0.5) is 17.4 Å². The molecule has 0 radical (unpaired) electrons. The molecule has 1 saturated heterocycles. The molecule has 162 valence electrons. The van der Waals surface area contributed by atoms with Crippen LogP contribution in [-0.4, -0.2) is 29.3 Å². The van der Waals surface area contributed by atoms with Crippen molar-refractivity contribution in [2.45, 2.75) is 19.3 Å². The van der Waals surface area contributed by atoms with Crippen LogP contribution < -0.4 is 26.6 Å². The van der Waals surface area contributed by atoms with E-state index < -0.39 is 5.91 Å². The van der Waals surface area contributed by atoms with Crippen LogP contribution in [-0.2, 0) is 0 Å². The van der Waals surface area contributed by atoms with Gasteiger partial charge in [0.15, 0.2) is 0 Å². The lowest BCUT2D eigenvalue weighted by Crippen LogP contribution is -2.60. The Bertz CT molecular complexity index is 1350. The second-order valence-electron chi connectivity index (χ2n) is 7.32. The minimum absolute atomic E-state index is 0.0393. The topological polar surface area (TPSA) is 164 Å². The number of nitrogens with one attached hydrogen (secondary N) is 1. The van der Waals surface area contributed by atoms with Gasteiger partial charge in [0, 0.05) is 5.39 Å². The summed E-state index contributed by atoms with van der Waals surface area (Å²) >= 11 is 1.07. The lowest BCUT2D eigenvalue weighted by molar-refractivity contribution is -0.759. The Morgan fingerprint density at radius 3 is 2.84 bits per heavy atom. The second kappa shape index (κ2) is 7.86. The number of carbonyl (C=O) groups excluding carboxylic acids is 1. The zero-order valence-electron chi connectivity index (χ0n) is 16.9. The number of hydrogen-bond acceptors (Lipinski definition) is 10. The van der Waals surface area contributed by atoms with E-state index in [0.717, 1.165) is 37.3 Å². The highest BCUT2D eigenvalue weighted by Gasteiger charge is 2.27. The monoisotopic (exact) mass is 451 g/mol. The van der Waals surface area contributed by atoms with Crippen molar-refractivity contribution in [2.24, 2.45) is 0 Å². The molecule has 11 nitrogen and oxygen atoms in total. The summed E-state index contributed by atoms with van der Waals surface area (Å²) in [4.78, 5) is 19.5. The van der Waals surface area contributed by atoms with Gasteiger partial charge in [-0.3, -0.25) is 14.6 Å². The SMILES string of the molecule is N#Cc1c(N)nc2sc(C(=O)Nc3c[n+](N4CCCCC4)no3)c(N)c2c1-c1ccco1. The normalized spacial score (nSPS) is 13.9. The van der Waals surface area contributed by atoms with Gasteiger partial charge in [0.2, 0.25) is 5.27 Å². The van der Waals surface area contributed by atoms with Gasteiger partial charge in [-0.05, 0) is 31.4 Å². The first kappa shape index (κ1) is 19.8. The smallest absolute Gasteiger partial charge is 0.306 e. The average molecular weight is 451 g/mol. The van der Waals surface area contributed by atoms with E-state index in [1.54, 1.807) is 23.1 Å². The van der Waals surface area contributed by atoms with Crippen LogP contribution in [0.2, 0.25) is 0 Å². The summed E-state index contributed by atoms with van der Waals surface area (Å²) < 4.78 is 10.8. The first-order valence-corrected chi connectivity index (χ1v) is 10.8. The van der Waals surface area contributed by atoms with E-state index >= 15 is 0 Å². The number of nitrogens with zero attached hydrogens (tertiary/aromatic N) is 5. The number of pyridine rings is 1. The van der Waals surface area contributed by atoms with Crippen molar-refractivity contribution >= 4 is 44.9 Å². The molecule has 4 aromatic rings. The number of carbonyl (C=O) groups is 1. The number of nitriles is 1. The third-order valence-corrected chi connectivity index (χ3v) is 6.40. The van der Waals surface area contributed by atoms with E-state index in [9.17, 15) is 10.1 Å². The number of amides is 1. The lowest BCUT2D eigenvalue weighted by atomic mass is 10.0. The predicted octanol–water partition coefficient (Wildman–Crippen LogP) is 2.24. The van der Waals surface area contributed by atoms with Gasteiger partial charge >= 0.3 is 5.88 Å². The molecule has 0 spiro atoms. The van der Waals surface area contributed by atoms with E-state index in [-0.39, 0.29) is 27.8 Å². The Kier molecular flexibility index (Phi) is 4.87. The van der Waals surface area contributed by atoms with Crippen LogP contribution in [0.1, 0.15) is 34.5 Å². The Labute approximate surface area is 185 Å². The molecule has 1 fully saturated rings. The number of hydrogen-bond donors (Lipinski definition) is 3. The van der Waals surface area contributed by atoms with E-state index in [4.69, 9.17) is 20.4 Å². The van der Waals surface area contributed by atoms with Crippen LogP contribution in [0.3, 0.4) is 0 Å². The molecular weight excluding hydrogens is 432 g/mol. The minimum atomic E-state index is -0.477. The molecule has 1 amide bonds. The van der Waals surface area contributed by atoms with E-state index in [1.807, 2.05) is 5.01 Å². The summed E-state index contributed by atoms with van der Waals surface area (Å²) in [5.74, 6) is 0.163. The molecule has 32 heavy (non-hydrogen) atoms. The van der Waals surface area contributed by atoms with Crippen LogP contribution >= 0.6 is 11.3 Å². The van der Waals surface area contributed by atoms with Crippen molar-refractivity contribution < 1.29 is 18.5 Å². The quantitative estimate of drug-likeness (QED) is 0.395. The van der Waals surface area contributed by atoms with Crippen molar-refractivity contribution in [3.63, 3.8) is 0 Å². The number of thiophene rings is 1. The molecule has 0 atom stereocenters. The maximum Gasteiger partial charge on any atom is 0.306 e. The van der Waals surface area contributed by atoms with Crippen molar-refractivity contribution in [3.05, 3.63) is 35.0 Å². The Morgan fingerprint density at radius 2 is 2.12 bits per heavy atom. The summed E-state index contributed by atoms with van der Waals surface area (Å²) in [6.07, 6.45) is 6.45. The molecule has 5 N–H and O–H groups in total. The molecule has 0 aliphatic carbocycles. The third-order valence-electron chi connectivity index (χ3n) is 5.30.